The molecule has 0 aromatic carbocycles. The zero-order valence-corrected chi connectivity index (χ0v) is 19.4. The van der Waals surface area contributed by atoms with Gasteiger partial charge in [0.05, 0.1) is 45.0 Å². The zero-order valence-electron chi connectivity index (χ0n) is 18.4. The molecule has 1 radical (unpaired) electrons. The van der Waals surface area contributed by atoms with Crippen LogP contribution in [0.2, 0.25) is 0 Å². The second kappa shape index (κ2) is 12.6. The largest absolute Gasteiger partial charge is 0.478 e. The van der Waals surface area contributed by atoms with E-state index >= 15 is 0 Å². The van der Waals surface area contributed by atoms with Crippen LogP contribution in [0.25, 0.3) is 22.8 Å². The Kier molecular flexibility index (Phi) is 9.64. The Morgan fingerprint density at radius 1 is 0.432 bits per heavy atom. The monoisotopic (exact) mass is 551 g/mol. The molecule has 0 atom stereocenters. The average Bonchev–Trinajstić information content (AvgIpc) is 2.89. The molecule has 0 aliphatic heterocycles. The number of hydrogen-bond donors (Lipinski definition) is 4. The van der Waals surface area contributed by atoms with Crippen molar-refractivity contribution in [3.8, 4) is 22.8 Å². The molecule has 0 amide bonds. The first-order valence-electron chi connectivity index (χ1n) is 9.94. The number of carboxylic acid groups (broad SMARTS) is 4. The summed E-state index contributed by atoms with van der Waals surface area (Å²) in [5.74, 6) is -4.30. The molecule has 4 rings (SSSR count). The fourth-order valence-corrected chi connectivity index (χ4v) is 2.81. The van der Waals surface area contributed by atoms with Gasteiger partial charge in [0.1, 0.15) is 0 Å². The number of aromatic nitrogens is 4. The van der Waals surface area contributed by atoms with Gasteiger partial charge in [-0.15, -0.1) is 0 Å². The maximum absolute atomic E-state index is 10.8. The Morgan fingerprint density at radius 3 is 0.784 bits per heavy atom. The Bertz CT molecular complexity index is 1260. The number of carbonyl (C=O) groups is 4. The van der Waals surface area contributed by atoms with Crippen LogP contribution in [0, 0.1) is 0 Å². The van der Waals surface area contributed by atoms with Gasteiger partial charge in [0.15, 0.2) is 0 Å². The predicted octanol–water partition coefficient (Wildman–Crippen LogP) is 3.08. The molecule has 0 unspecified atom stereocenters. The minimum absolute atomic E-state index is 0. The molecule has 12 nitrogen and oxygen atoms in total. The molecule has 4 N–H and O–H groups in total. The van der Waals surface area contributed by atoms with E-state index in [0.29, 0.717) is 22.8 Å². The summed E-state index contributed by atoms with van der Waals surface area (Å²) in [4.78, 5) is 59.2. The predicted molar refractivity (Wildman–Crippen MR) is 123 cm³/mol. The molecule has 37 heavy (non-hydrogen) atoms. The number of aromatic carboxylic acids is 4. The van der Waals surface area contributed by atoms with Crippen molar-refractivity contribution in [1.82, 2.24) is 19.9 Å². The normalized spacial score (nSPS) is 9.73. The van der Waals surface area contributed by atoms with Crippen molar-refractivity contribution in [2.45, 2.75) is 0 Å². The van der Waals surface area contributed by atoms with Crippen LogP contribution < -0.4 is 0 Å². The van der Waals surface area contributed by atoms with Gasteiger partial charge in [-0.3, -0.25) is 19.9 Å². The second-order valence-corrected chi connectivity index (χ2v) is 6.94. The first kappa shape index (κ1) is 28.2. The van der Waals surface area contributed by atoms with Crippen molar-refractivity contribution in [3.63, 3.8) is 0 Å². The third-order valence-corrected chi connectivity index (χ3v) is 4.55. The van der Waals surface area contributed by atoms with Crippen molar-refractivity contribution < 1.29 is 56.7 Å². The molecular weight excluding hydrogens is 536 g/mol. The van der Waals surface area contributed by atoms with Gasteiger partial charge in [-0.05, 0) is 48.5 Å². The molecule has 4 aromatic rings. The van der Waals surface area contributed by atoms with Crippen molar-refractivity contribution in [2.24, 2.45) is 0 Å². The minimum atomic E-state index is -1.08. The number of rotatable bonds is 6. The summed E-state index contributed by atoms with van der Waals surface area (Å²) in [6.07, 6.45) is 5.36. The van der Waals surface area contributed by atoms with Gasteiger partial charge >= 0.3 is 23.9 Å². The molecule has 4 heterocycles. The van der Waals surface area contributed by atoms with Gasteiger partial charge < -0.3 is 20.4 Å². The van der Waals surface area contributed by atoms with E-state index in [9.17, 15) is 19.2 Å². The Balaban J connectivity index is 0.000000253. The molecule has 0 saturated heterocycles. The van der Waals surface area contributed by atoms with Crippen LogP contribution >= 0.6 is 0 Å². The molecule has 0 spiro atoms. The van der Waals surface area contributed by atoms with Gasteiger partial charge in [0, 0.05) is 41.9 Å². The third kappa shape index (κ3) is 7.49. The summed E-state index contributed by atoms with van der Waals surface area (Å²) in [6.45, 7) is 0. The first-order chi connectivity index (χ1) is 17.2. The van der Waals surface area contributed by atoms with E-state index < -0.39 is 23.9 Å². The third-order valence-electron chi connectivity index (χ3n) is 4.55. The van der Waals surface area contributed by atoms with E-state index in [0.717, 1.165) is 0 Å². The average molecular weight is 552 g/mol. The van der Waals surface area contributed by atoms with Gasteiger partial charge in [0.2, 0.25) is 0 Å². The molecule has 0 aliphatic carbocycles. The van der Waals surface area contributed by atoms with E-state index in [4.69, 9.17) is 20.4 Å². The standard InChI is InChI=1S/2C12H8N2O4.Cu/c2*15-11(16)7-1-3-13-9(5-7)10-6-8(12(17)18)2-4-14-10;/h2*1-6H,(H,15,16)(H,17,18);. The SMILES string of the molecule is O=C(O)c1ccnc(-c2cc(C(=O)O)ccn2)c1.O=C(O)c1ccnc(-c2cc(C(=O)O)ccn2)c1.[Cu]. The van der Waals surface area contributed by atoms with Crippen molar-refractivity contribution in [3.05, 3.63) is 95.6 Å². The van der Waals surface area contributed by atoms with E-state index in [1.165, 1.54) is 73.3 Å². The van der Waals surface area contributed by atoms with Crippen molar-refractivity contribution in [2.75, 3.05) is 0 Å². The van der Waals surface area contributed by atoms with Crippen molar-refractivity contribution >= 4 is 23.9 Å². The zero-order chi connectivity index (χ0) is 26.2. The van der Waals surface area contributed by atoms with E-state index in [1.54, 1.807) is 0 Å². The summed E-state index contributed by atoms with van der Waals surface area (Å²) in [5.41, 5.74) is 1.56. The summed E-state index contributed by atoms with van der Waals surface area (Å²) < 4.78 is 0. The van der Waals surface area contributed by atoms with Crippen LogP contribution in [0.4, 0.5) is 0 Å². The summed E-state index contributed by atoms with van der Waals surface area (Å²) >= 11 is 0. The quantitative estimate of drug-likeness (QED) is 0.255. The van der Waals surface area contributed by atoms with Crippen LogP contribution in [-0.4, -0.2) is 64.2 Å². The van der Waals surface area contributed by atoms with Crippen LogP contribution in [0.15, 0.2) is 73.3 Å². The molecule has 0 fully saturated rings. The number of nitrogens with zero attached hydrogens (tertiary/aromatic N) is 4. The Hall–Kier alpha value is -5.00. The Morgan fingerprint density at radius 2 is 0.622 bits per heavy atom. The van der Waals surface area contributed by atoms with E-state index in [1.807, 2.05) is 0 Å². The van der Waals surface area contributed by atoms with Gasteiger partial charge in [-0.1, -0.05) is 0 Å². The fourth-order valence-electron chi connectivity index (χ4n) is 2.81. The second-order valence-electron chi connectivity index (χ2n) is 6.94. The topological polar surface area (TPSA) is 201 Å². The molecule has 0 saturated carbocycles. The van der Waals surface area contributed by atoms with Crippen LogP contribution in [0.1, 0.15) is 41.4 Å². The number of carboxylic acids is 4. The van der Waals surface area contributed by atoms with Gasteiger partial charge in [0.25, 0.3) is 0 Å². The van der Waals surface area contributed by atoms with Gasteiger partial charge in [-0.2, -0.15) is 0 Å². The summed E-state index contributed by atoms with van der Waals surface area (Å²) in [7, 11) is 0. The summed E-state index contributed by atoms with van der Waals surface area (Å²) in [5, 5.41) is 35.4. The van der Waals surface area contributed by atoms with Crippen LogP contribution in [-0.2, 0) is 17.1 Å². The maximum Gasteiger partial charge on any atom is 0.335 e. The number of hydrogen-bond acceptors (Lipinski definition) is 8. The minimum Gasteiger partial charge on any atom is -0.478 e. The fraction of sp³-hybridized carbons (Fsp3) is 0. The molecular formula is C24H16CuN4O8. The molecule has 191 valence electrons. The van der Waals surface area contributed by atoms with E-state index in [-0.39, 0.29) is 39.3 Å². The van der Waals surface area contributed by atoms with Crippen molar-refractivity contribution in [1.29, 1.82) is 0 Å². The number of pyridine rings is 4. The van der Waals surface area contributed by atoms with Gasteiger partial charge in [-0.25, -0.2) is 19.2 Å². The molecule has 0 aliphatic rings. The van der Waals surface area contributed by atoms with Crippen LogP contribution in [0.3, 0.4) is 0 Å². The van der Waals surface area contributed by atoms with Crippen LogP contribution in [0.5, 0.6) is 0 Å². The maximum atomic E-state index is 10.8. The molecule has 4 aromatic heterocycles. The Labute approximate surface area is 218 Å². The van der Waals surface area contributed by atoms with E-state index in [2.05, 4.69) is 19.9 Å². The first-order valence-corrected chi connectivity index (χ1v) is 9.94. The molecule has 0 bridgehead atoms. The smallest absolute Gasteiger partial charge is 0.335 e. The summed E-state index contributed by atoms with van der Waals surface area (Å²) in [6, 6.07) is 10.8. The molecule has 13 heteroatoms.